The Hall–Kier alpha value is -2.30. The normalized spacial score (nSPS) is 12.7. The Bertz CT molecular complexity index is 671. The van der Waals surface area contributed by atoms with Crippen molar-refractivity contribution in [1.82, 2.24) is 14.9 Å². The summed E-state index contributed by atoms with van der Waals surface area (Å²) in [7, 11) is 3.55. The number of benzene rings is 1. The molecule has 1 atom stereocenters. The van der Waals surface area contributed by atoms with Crippen LogP contribution in [0.1, 0.15) is 44.6 Å². The van der Waals surface area contributed by atoms with Gasteiger partial charge in [0.05, 0.1) is 7.11 Å². The Balaban J connectivity index is 2.37. The number of carbonyl (C=O) groups excluding carboxylic acids is 1. The van der Waals surface area contributed by atoms with Gasteiger partial charge in [-0.15, -0.1) is 0 Å². The molecule has 0 saturated heterocycles. The van der Waals surface area contributed by atoms with Crippen LogP contribution < -0.4 is 10.1 Å². The van der Waals surface area contributed by atoms with E-state index in [9.17, 15) is 4.79 Å². The number of aryl methyl sites for hydroxylation is 1. The first-order valence-corrected chi connectivity index (χ1v) is 7.71. The third kappa shape index (κ3) is 4.34. The van der Waals surface area contributed by atoms with Gasteiger partial charge < -0.3 is 14.6 Å². The van der Waals surface area contributed by atoms with Gasteiger partial charge in [-0.05, 0) is 11.5 Å². The van der Waals surface area contributed by atoms with Crippen LogP contribution in [0.2, 0.25) is 0 Å². The average molecular weight is 315 g/mol. The van der Waals surface area contributed by atoms with Crippen LogP contribution in [0.4, 0.5) is 0 Å². The number of imidazole rings is 1. The molecule has 2 rings (SSSR count). The fraction of sp³-hybridized carbons (Fsp3) is 0.444. The first-order valence-electron chi connectivity index (χ1n) is 7.71. The van der Waals surface area contributed by atoms with E-state index in [-0.39, 0.29) is 17.4 Å². The number of hydrogen-bond donors (Lipinski definition) is 1. The fourth-order valence-corrected chi connectivity index (χ4v) is 2.54. The minimum absolute atomic E-state index is 0.00333. The van der Waals surface area contributed by atoms with Crippen LogP contribution in [-0.2, 0) is 11.8 Å². The molecule has 1 amide bonds. The smallest absolute Gasteiger partial charge is 0.221 e. The van der Waals surface area contributed by atoms with Gasteiger partial charge in [-0.2, -0.15) is 0 Å². The van der Waals surface area contributed by atoms with Crippen LogP contribution in [0, 0.1) is 5.41 Å². The number of nitrogens with one attached hydrogen (secondary N) is 1. The molecule has 124 valence electrons. The van der Waals surface area contributed by atoms with Gasteiger partial charge in [0.1, 0.15) is 17.6 Å². The maximum absolute atomic E-state index is 12.5. The predicted molar refractivity (Wildman–Crippen MR) is 90.3 cm³/mol. The third-order valence-electron chi connectivity index (χ3n) is 3.56. The minimum Gasteiger partial charge on any atom is -0.496 e. The number of methoxy groups -OCH3 is 1. The Morgan fingerprint density at radius 3 is 2.61 bits per heavy atom. The highest BCUT2D eigenvalue weighted by molar-refractivity contribution is 5.77. The second kappa shape index (κ2) is 6.86. The zero-order valence-corrected chi connectivity index (χ0v) is 14.5. The van der Waals surface area contributed by atoms with Crippen LogP contribution >= 0.6 is 0 Å². The van der Waals surface area contributed by atoms with Crippen LogP contribution in [0.15, 0.2) is 36.7 Å². The zero-order chi connectivity index (χ0) is 17.0. The lowest BCUT2D eigenvalue weighted by molar-refractivity contribution is -0.123. The molecule has 0 spiro atoms. The highest BCUT2D eigenvalue weighted by Crippen LogP contribution is 2.29. The molecular weight excluding hydrogens is 290 g/mol. The standard InChI is InChI=1S/C18H25N3O2/c1-18(2,3)12-15(22)20-16(17-19-10-11-21(17)4)13-8-6-7-9-14(13)23-5/h6-11,16H,12H2,1-5H3,(H,20,22)/t16-/m0/s1. The summed E-state index contributed by atoms with van der Waals surface area (Å²) in [5.74, 6) is 1.50. The first-order chi connectivity index (χ1) is 10.8. The maximum Gasteiger partial charge on any atom is 0.221 e. The summed E-state index contributed by atoms with van der Waals surface area (Å²) in [4.78, 5) is 16.9. The van der Waals surface area contributed by atoms with Crippen molar-refractivity contribution < 1.29 is 9.53 Å². The van der Waals surface area contributed by atoms with E-state index in [1.807, 2.05) is 62.8 Å². The van der Waals surface area contributed by atoms with E-state index in [0.717, 1.165) is 17.1 Å². The van der Waals surface area contributed by atoms with E-state index in [2.05, 4.69) is 10.3 Å². The third-order valence-corrected chi connectivity index (χ3v) is 3.56. The SMILES string of the molecule is COc1ccccc1[C@H](NC(=O)CC(C)(C)C)c1nccn1C. The summed E-state index contributed by atoms with van der Waals surface area (Å²) in [5, 5.41) is 3.11. The predicted octanol–water partition coefficient (Wildman–Crippen LogP) is 3.07. The van der Waals surface area contributed by atoms with Crippen molar-refractivity contribution >= 4 is 5.91 Å². The molecule has 1 aromatic heterocycles. The van der Waals surface area contributed by atoms with Gasteiger partial charge in [-0.3, -0.25) is 4.79 Å². The Morgan fingerprint density at radius 2 is 2.04 bits per heavy atom. The lowest BCUT2D eigenvalue weighted by Crippen LogP contribution is -2.33. The monoisotopic (exact) mass is 315 g/mol. The van der Waals surface area contributed by atoms with Gasteiger partial charge in [0.2, 0.25) is 5.91 Å². The molecule has 1 heterocycles. The van der Waals surface area contributed by atoms with E-state index >= 15 is 0 Å². The van der Waals surface area contributed by atoms with Gasteiger partial charge in [0, 0.05) is 31.4 Å². The van der Waals surface area contributed by atoms with Crippen molar-refractivity contribution in [2.24, 2.45) is 12.5 Å². The largest absolute Gasteiger partial charge is 0.496 e. The maximum atomic E-state index is 12.5. The molecule has 0 aliphatic carbocycles. The molecule has 1 aromatic carbocycles. The van der Waals surface area contributed by atoms with E-state index in [1.165, 1.54) is 0 Å². The molecule has 5 heteroatoms. The van der Waals surface area contributed by atoms with E-state index in [1.54, 1.807) is 13.3 Å². The number of aromatic nitrogens is 2. The van der Waals surface area contributed by atoms with Crippen molar-refractivity contribution in [3.8, 4) is 5.75 Å². The molecule has 1 N–H and O–H groups in total. The van der Waals surface area contributed by atoms with Gasteiger partial charge >= 0.3 is 0 Å². The van der Waals surface area contributed by atoms with Gasteiger partial charge in [0.15, 0.2) is 0 Å². The lowest BCUT2D eigenvalue weighted by atomic mass is 9.91. The second-order valence-corrected chi connectivity index (χ2v) is 6.88. The van der Waals surface area contributed by atoms with Crippen molar-refractivity contribution in [3.05, 3.63) is 48.0 Å². The highest BCUT2D eigenvalue weighted by Gasteiger charge is 2.25. The molecule has 0 aliphatic rings. The number of carbonyl (C=O) groups is 1. The second-order valence-electron chi connectivity index (χ2n) is 6.88. The molecule has 2 aromatic rings. The average Bonchev–Trinajstić information content (AvgIpc) is 2.89. The van der Waals surface area contributed by atoms with E-state index in [0.29, 0.717) is 6.42 Å². The molecule has 0 bridgehead atoms. The summed E-state index contributed by atoms with van der Waals surface area (Å²) < 4.78 is 7.37. The van der Waals surface area contributed by atoms with Crippen molar-refractivity contribution in [1.29, 1.82) is 0 Å². The zero-order valence-electron chi connectivity index (χ0n) is 14.5. The molecule has 0 unspecified atom stereocenters. The van der Waals surface area contributed by atoms with Crippen molar-refractivity contribution in [2.45, 2.75) is 33.2 Å². The van der Waals surface area contributed by atoms with Gasteiger partial charge in [-0.25, -0.2) is 4.98 Å². The highest BCUT2D eigenvalue weighted by atomic mass is 16.5. The van der Waals surface area contributed by atoms with Gasteiger partial charge in [0.25, 0.3) is 0 Å². The molecular formula is C18H25N3O2. The van der Waals surface area contributed by atoms with Gasteiger partial charge in [-0.1, -0.05) is 39.0 Å². The minimum atomic E-state index is -0.346. The summed E-state index contributed by atoms with van der Waals surface area (Å²) in [6.07, 6.45) is 4.05. The number of hydrogen-bond acceptors (Lipinski definition) is 3. The molecule has 23 heavy (non-hydrogen) atoms. The topological polar surface area (TPSA) is 56.1 Å². The molecule has 0 saturated carbocycles. The van der Waals surface area contributed by atoms with Crippen LogP contribution in [0.3, 0.4) is 0 Å². The Morgan fingerprint density at radius 1 is 1.35 bits per heavy atom. The first kappa shape index (κ1) is 17.1. The number of nitrogens with zero attached hydrogens (tertiary/aromatic N) is 2. The fourth-order valence-electron chi connectivity index (χ4n) is 2.54. The molecule has 0 radical (unpaired) electrons. The van der Waals surface area contributed by atoms with E-state index in [4.69, 9.17) is 4.74 Å². The summed E-state index contributed by atoms with van der Waals surface area (Å²) in [6.45, 7) is 6.14. The summed E-state index contributed by atoms with van der Waals surface area (Å²) in [6, 6.07) is 7.34. The Kier molecular flexibility index (Phi) is 5.08. The molecule has 5 nitrogen and oxygen atoms in total. The quantitative estimate of drug-likeness (QED) is 0.922. The number of amides is 1. The number of rotatable bonds is 5. The summed E-state index contributed by atoms with van der Waals surface area (Å²) in [5.41, 5.74) is 0.823. The van der Waals surface area contributed by atoms with Crippen LogP contribution in [0.5, 0.6) is 5.75 Å². The molecule has 0 aliphatic heterocycles. The Labute approximate surface area is 137 Å². The van der Waals surface area contributed by atoms with E-state index < -0.39 is 0 Å². The van der Waals surface area contributed by atoms with Crippen LogP contribution in [-0.4, -0.2) is 22.6 Å². The number of para-hydroxylation sites is 1. The van der Waals surface area contributed by atoms with Crippen LogP contribution in [0.25, 0.3) is 0 Å². The van der Waals surface area contributed by atoms with Crippen molar-refractivity contribution in [2.75, 3.05) is 7.11 Å². The van der Waals surface area contributed by atoms with Crippen molar-refractivity contribution in [3.63, 3.8) is 0 Å². The number of ether oxygens (including phenoxy) is 1. The summed E-state index contributed by atoms with van der Waals surface area (Å²) >= 11 is 0. The molecule has 0 fully saturated rings. The lowest BCUT2D eigenvalue weighted by Gasteiger charge is -2.24.